The first-order valence-electron chi connectivity index (χ1n) is 10.2. The Hall–Kier alpha value is -2.00. The van der Waals surface area contributed by atoms with E-state index in [4.69, 9.17) is 28.4 Å². The molecular formula is C22H28O8. The predicted molar refractivity (Wildman–Crippen MR) is 104 cm³/mol. The number of para-hydroxylation sites is 1. The lowest BCUT2D eigenvalue weighted by atomic mass is 9.88. The molecule has 0 N–H and O–H groups in total. The van der Waals surface area contributed by atoms with E-state index in [-0.39, 0.29) is 22.8 Å². The molecule has 164 valence electrons. The lowest BCUT2D eigenvalue weighted by molar-refractivity contribution is -0.226. The van der Waals surface area contributed by atoms with Crippen molar-refractivity contribution in [2.45, 2.75) is 77.5 Å². The lowest BCUT2D eigenvalue weighted by Crippen LogP contribution is -2.43. The monoisotopic (exact) mass is 420 g/mol. The van der Waals surface area contributed by atoms with E-state index in [1.165, 1.54) is 6.92 Å². The summed E-state index contributed by atoms with van der Waals surface area (Å²) in [5.41, 5.74) is 0.157. The third kappa shape index (κ3) is 4.23. The van der Waals surface area contributed by atoms with Crippen LogP contribution in [0.5, 0.6) is 5.75 Å². The quantitative estimate of drug-likeness (QED) is 0.543. The summed E-state index contributed by atoms with van der Waals surface area (Å²) in [4.78, 5) is 24.4. The summed E-state index contributed by atoms with van der Waals surface area (Å²) in [6, 6.07) is 6.45. The third-order valence-electron chi connectivity index (χ3n) is 5.44. The number of ether oxygens (including phenoxy) is 6. The molecule has 0 saturated carbocycles. The van der Waals surface area contributed by atoms with Crippen LogP contribution in [-0.2, 0) is 28.5 Å². The SMILES string of the molecule is CC(=O)Oc1ccccc1C(=O)OC1C(C2CC(C)(C)CO2)OC2OC(C)(C)OC21. The predicted octanol–water partition coefficient (Wildman–Crippen LogP) is 2.83. The molecule has 1 aromatic carbocycles. The van der Waals surface area contributed by atoms with Crippen molar-refractivity contribution >= 4 is 11.9 Å². The Morgan fingerprint density at radius 1 is 1.07 bits per heavy atom. The van der Waals surface area contributed by atoms with Crippen molar-refractivity contribution < 1.29 is 38.0 Å². The first-order valence-corrected chi connectivity index (χ1v) is 10.2. The molecule has 5 atom stereocenters. The van der Waals surface area contributed by atoms with Crippen LogP contribution in [0.15, 0.2) is 24.3 Å². The maximum Gasteiger partial charge on any atom is 0.342 e. The summed E-state index contributed by atoms with van der Waals surface area (Å²) in [6.45, 7) is 9.68. The Balaban J connectivity index is 1.57. The molecule has 0 aliphatic carbocycles. The molecule has 3 saturated heterocycles. The summed E-state index contributed by atoms with van der Waals surface area (Å²) in [5.74, 6) is -1.86. The van der Waals surface area contributed by atoms with E-state index < -0.39 is 42.3 Å². The maximum absolute atomic E-state index is 13.0. The van der Waals surface area contributed by atoms with Crippen molar-refractivity contribution in [3.63, 3.8) is 0 Å². The molecule has 8 nitrogen and oxygen atoms in total. The number of hydrogen-bond donors (Lipinski definition) is 0. The number of esters is 2. The Kier molecular flexibility index (Phi) is 5.38. The van der Waals surface area contributed by atoms with Crippen LogP contribution in [0.2, 0.25) is 0 Å². The molecule has 3 heterocycles. The highest BCUT2D eigenvalue weighted by Crippen LogP contribution is 2.44. The zero-order valence-corrected chi connectivity index (χ0v) is 17.9. The van der Waals surface area contributed by atoms with Gasteiger partial charge in [-0.25, -0.2) is 4.79 Å². The fraction of sp³-hybridized carbons (Fsp3) is 0.636. The van der Waals surface area contributed by atoms with Gasteiger partial charge in [-0.3, -0.25) is 4.79 Å². The number of benzene rings is 1. The highest BCUT2D eigenvalue weighted by Gasteiger charge is 2.59. The maximum atomic E-state index is 13.0. The number of carbonyl (C=O) groups is 2. The molecule has 0 aromatic heterocycles. The van der Waals surface area contributed by atoms with Crippen LogP contribution >= 0.6 is 0 Å². The second-order valence-corrected chi connectivity index (χ2v) is 9.25. The molecule has 3 fully saturated rings. The van der Waals surface area contributed by atoms with Gasteiger partial charge in [-0.15, -0.1) is 0 Å². The summed E-state index contributed by atoms with van der Waals surface area (Å²) >= 11 is 0. The molecule has 3 aliphatic rings. The van der Waals surface area contributed by atoms with Crippen molar-refractivity contribution in [1.82, 2.24) is 0 Å². The van der Waals surface area contributed by atoms with E-state index in [0.717, 1.165) is 6.42 Å². The Morgan fingerprint density at radius 3 is 2.47 bits per heavy atom. The summed E-state index contributed by atoms with van der Waals surface area (Å²) in [5, 5.41) is 0. The Labute approximate surface area is 175 Å². The van der Waals surface area contributed by atoms with Gasteiger partial charge in [0.1, 0.15) is 17.4 Å². The van der Waals surface area contributed by atoms with Gasteiger partial charge in [0.25, 0.3) is 0 Å². The van der Waals surface area contributed by atoms with E-state index in [1.54, 1.807) is 38.1 Å². The molecule has 8 heteroatoms. The zero-order chi connectivity index (χ0) is 21.7. The van der Waals surface area contributed by atoms with Gasteiger partial charge in [0.05, 0.1) is 12.7 Å². The summed E-state index contributed by atoms with van der Waals surface area (Å²) < 4.78 is 34.9. The first-order chi connectivity index (χ1) is 14.0. The summed E-state index contributed by atoms with van der Waals surface area (Å²) in [6.07, 6.45) is -1.97. The van der Waals surface area contributed by atoms with Gasteiger partial charge in [-0.1, -0.05) is 26.0 Å². The van der Waals surface area contributed by atoms with Gasteiger partial charge >= 0.3 is 11.9 Å². The molecule has 1 aromatic rings. The fourth-order valence-electron chi connectivity index (χ4n) is 4.21. The minimum Gasteiger partial charge on any atom is -0.453 e. The number of carbonyl (C=O) groups excluding carboxylic acids is 2. The molecule has 0 bridgehead atoms. The third-order valence-corrected chi connectivity index (χ3v) is 5.44. The molecule has 5 unspecified atom stereocenters. The van der Waals surface area contributed by atoms with Crippen LogP contribution < -0.4 is 4.74 Å². The highest BCUT2D eigenvalue weighted by atomic mass is 16.8. The largest absolute Gasteiger partial charge is 0.453 e. The van der Waals surface area contributed by atoms with Gasteiger partial charge in [-0.2, -0.15) is 0 Å². The molecule has 3 aliphatic heterocycles. The average molecular weight is 420 g/mol. The van der Waals surface area contributed by atoms with Gasteiger partial charge < -0.3 is 28.4 Å². The zero-order valence-electron chi connectivity index (χ0n) is 17.9. The molecule has 30 heavy (non-hydrogen) atoms. The van der Waals surface area contributed by atoms with E-state index in [9.17, 15) is 9.59 Å². The molecule has 0 amide bonds. The van der Waals surface area contributed by atoms with Gasteiger partial charge in [-0.05, 0) is 37.8 Å². The number of rotatable bonds is 4. The second kappa shape index (κ2) is 7.60. The first kappa shape index (κ1) is 21.2. The smallest absolute Gasteiger partial charge is 0.342 e. The van der Waals surface area contributed by atoms with Crippen LogP contribution in [0.1, 0.15) is 51.4 Å². The number of fused-ring (bicyclic) bond motifs is 1. The standard InChI is InChI=1S/C22H28O8/c1-12(23)26-14-9-7-6-8-13(14)19(24)27-17-16(15-10-21(2,3)11-25-15)28-20-18(17)29-22(4,5)30-20/h6-9,15-18,20H,10-11H2,1-5H3. The van der Waals surface area contributed by atoms with E-state index in [0.29, 0.717) is 6.61 Å². The van der Waals surface area contributed by atoms with Crippen LogP contribution in [0, 0.1) is 5.41 Å². The van der Waals surface area contributed by atoms with Gasteiger partial charge in [0.2, 0.25) is 0 Å². The molecule has 4 rings (SSSR count). The van der Waals surface area contributed by atoms with Crippen LogP contribution in [0.3, 0.4) is 0 Å². The van der Waals surface area contributed by atoms with Gasteiger partial charge in [0, 0.05) is 6.92 Å². The van der Waals surface area contributed by atoms with E-state index in [2.05, 4.69) is 13.8 Å². The fourth-order valence-corrected chi connectivity index (χ4v) is 4.21. The second-order valence-electron chi connectivity index (χ2n) is 9.25. The topological polar surface area (TPSA) is 89.5 Å². The lowest BCUT2D eigenvalue weighted by Gasteiger charge is -2.29. The number of hydrogen-bond acceptors (Lipinski definition) is 8. The van der Waals surface area contributed by atoms with Crippen molar-refractivity contribution in [2.75, 3.05) is 6.61 Å². The van der Waals surface area contributed by atoms with Crippen molar-refractivity contribution in [1.29, 1.82) is 0 Å². The normalized spacial score (nSPS) is 33.8. The van der Waals surface area contributed by atoms with Crippen molar-refractivity contribution in [3.05, 3.63) is 29.8 Å². The Morgan fingerprint density at radius 2 is 1.80 bits per heavy atom. The van der Waals surface area contributed by atoms with Crippen LogP contribution in [0.25, 0.3) is 0 Å². The van der Waals surface area contributed by atoms with Crippen LogP contribution in [-0.4, -0.2) is 55.0 Å². The van der Waals surface area contributed by atoms with Gasteiger partial charge in [0.15, 0.2) is 24.3 Å². The van der Waals surface area contributed by atoms with Crippen molar-refractivity contribution in [2.24, 2.45) is 5.41 Å². The Bertz CT molecular complexity index is 832. The minimum absolute atomic E-state index is 0.00317. The average Bonchev–Trinajstić information content (AvgIpc) is 3.25. The molecule has 0 spiro atoms. The molecular weight excluding hydrogens is 392 g/mol. The highest BCUT2D eigenvalue weighted by molar-refractivity contribution is 5.93. The van der Waals surface area contributed by atoms with E-state index in [1.807, 2.05) is 0 Å². The van der Waals surface area contributed by atoms with E-state index >= 15 is 0 Å². The minimum atomic E-state index is -0.851. The van der Waals surface area contributed by atoms with Crippen LogP contribution in [0.4, 0.5) is 0 Å². The molecule has 0 radical (unpaired) electrons. The summed E-state index contributed by atoms with van der Waals surface area (Å²) in [7, 11) is 0. The van der Waals surface area contributed by atoms with Crippen molar-refractivity contribution in [3.8, 4) is 5.75 Å².